The first kappa shape index (κ1) is 34.4. The average Bonchev–Trinajstić information content (AvgIpc) is 2.84. The fraction of sp³-hybridized carbons (Fsp3) is 0.875. The first-order valence-electron chi connectivity index (χ1n) is 15.3. The summed E-state index contributed by atoms with van der Waals surface area (Å²) in [6.07, 6.45) is 33.0. The third-order valence-corrected chi connectivity index (χ3v) is 6.82. The lowest BCUT2D eigenvalue weighted by Gasteiger charge is -2.26. The molecule has 3 nitrogen and oxygen atoms in total. The number of hydrogen-bond donors (Lipinski definition) is 0. The quantitative estimate of drug-likeness (QED) is 0.0839. The zero-order chi connectivity index (χ0) is 25.8. The van der Waals surface area contributed by atoms with Crippen molar-refractivity contribution in [2.24, 2.45) is 0 Å². The van der Waals surface area contributed by atoms with Crippen LogP contribution in [-0.2, 0) is 9.47 Å². The van der Waals surface area contributed by atoms with E-state index in [0.717, 1.165) is 26.2 Å². The molecule has 0 aliphatic heterocycles. The Morgan fingerprint density at radius 1 is 0.629 bits per heavy atom. The van der Waals surface area contributed by atoms with Gasteiger partial charge in [0.05, 0.1) is 25.4 Å². The van der Waals surface area contributed by atoms with Gasteiger partial charge in [0.2, 0.25) is 0 Å². The van der Waals surface area contributed by atoms with E-state index in [1.54, 1.807) is 0 Å². The molecule has 0 aromatic carbocycles. The Balaban J connectivity index is 3.55. The van der Waals surface area contributed by atoms with E-state index in [4.69, 9.17) is 9.47 Å². The molecular formula is C32H63NO2. The van der Waals surface area contributed by atoms with Crippen LogP contribution in [0.5, 0.6) is 0 Å². The lowest BCUT2D eigenvalue weighted by molar-refractivity contribution is -0.00924. The molecule has 0 aromatic heterocycles. The van der Waals surface area contributed by atoms with E-state index in [1.165, 1.54) is 109 Å². The Hall–Kier alpha value is -0.640. The second-order valence-electron chi connectivity index (χ2n) is 10.6. The van der Waals surface area contributed by atoms with Crippen LogP contribution in [0.3, 0.4) is 0 Å². The molecule has 0 rings (SSSR count). The van der Waals surface area contributed by atoms with Crippen LogP contribution < -0.4 is 0 Å². The van der Waals surface area contributed by atoms with Crippen molar-refractivity contribution in [3.63, 3.8) is 0 Å². The van der Waals surface area contributed by atoms with Crippen LogP contribution in [0.2, 0.25) is 0 Å². The van der Waals surface area contributed by atoms with Crippen molar-refractivity contribution in [1.82, 2.24) is 4.90 Å². The van der Waals surface area contributed by atoms with Crippen molar-refractivity contribution in [3.8, 4) is 0 Å². The largest absolute Gasteiger partial charge is 0.380 e. The van der Waals surface area contributed by atoms with E-state index in [9.17, 15) is 0 Å². The van der Waals surface area contributed by atoms with Crippen LogP contribution in [0.4, 0.5) is 0 Å². The van der Waals surface area contributed by atoms with E-state index in [-0.39, 0.29) is 0 Å². The van der Waals surface area contributed by atoms with Gasteiger partial charge in [-0.2, -0.15) is 0 Å². The summed E-state index contributed by atoms with van der Waals surface area (Å²) in [6, 6.07) is 0.349. The second-order valence-corrected chi connectivity index (χ2v) is 10.6. The normalized spacial score (nSPS) is 14.0. The molecular weight excluding hydrogens is 430 g/mol. The zero-order valence-corrected chi connectivity index (χ0v) is 24.6. The molecule has 2 atom stereocenters. The SMILES string of the molecule is CCCCC/C=C\C/C=C\CCCCCCCCOCC(COC(C)CCCCCCC)N(C)C. The molecule has 0 heterocycles. The lowest BCUT2D eigenvalue weighted by Crippen LogP contribution is -2.37. The van der Waals surface area contributed by atoms with Gasteiger partial charge in [-0.1, -0.05) is 109 Å². The Labute approximate surface area is 221 Å². The van der Waals surface area contributed by atoms with Gasteiger partial charge >= 0.3 is 0 Å². The van der Waals surface area contributed by atoms with Crippen molar-refractivity contribution in [2.75, 3.05) is 33.9 Å². The van der Waals surface area contributed by atoms with E-state index in [1.807, 2.05) is 0 Å². The minimum Gasteiger partial charge on any atom is -0.380 e. The molecule has 0 aromatic rings. The molecule has 0 N–H and O–H groups in total. The van der Waals surface area contributed by atoms with Crippen molar-refractivity contribution >= 4 is 0 Å². The van der Waals surface area contributed by atoms with Gasteiger partial charge in [0.15, 0.2) is 0 Å². The van der Waals surface area contributed by atoms with Crippen LogP contribution >= 0.6 is 0 Å². The first-order chi connectivity index (χ1) is 17.1. The molecule has 2 unspecified atom stereocenters. The summed E-state index contributed by atoms with van der Waals surface area (Å²) in [4.78, 5) is 2.24. The van der Waals surface area contributed by atoms with E-state index in [2.05, 4.69) is 64.1 Å². The Morgan fingerprint density at radius 2 is 1.17 bits per heavy atom. The summed E-state index contributed by atoms with van der Waals surface area (Å²) >= 11 is 0. The number of rotatable bonds is 27. The Bertz CT molecular complexity index is 460. The fourth-order valence-corrected chi connectivity index (χ4v) is 4.15. The van der Waals surface area contributed by atoms with Crippen LogP contribution in [-0.4, -0.2) is 51.0 Å². The molecule has 0 amide bonds. The lowest BCUT2D eigenvalue weighted by atomic mass is 10.1. The highest BCUT2D eigenvalue weighted by Crippen LogP contribution is 2.11. The molecule has 0 spiro atoms. The van der Waals surface area contributed by atoms with Gasteiger partial charge in [0, 0.05) is 6.61 Å². The van der Waals surface area contributed by atoms with Gasteiger partial charge in [0.25, 0.3) is 0 Å². The maximum atomic E-state index is 6.13. The molecule has 0 aliphatic rings. The number of hydrogen-bond acceptors (Lipinski definition) is 3. The number of ether oxygens (including phenoxy) is 2. The number of likely N-dealkylation sites (N-methyl/N-ethyl adjacent to an activating group) is 1. The maximum absolute atomic E-state index is 6.13. The highest BCUT2D eigenvalue weighted by atomic mass is 16.5. The van der Waals surface area contributed by atoms with Crippen molar-refractivity contribution in [1.29, 1.82) is 0 Å². The molecule has 208 valence electrons. The van der Waals surface area contributed by atoms with Gasteiger partial charge in [-0.15, -0.1) is 0 Å². The molecule has 0 bridgehead atoms. The van der Waals surface area contributed by atoms with Gasteiger partial charge in [-0.3, -0.25) is 0 Å². The summed E-state index contributed by atoms with van der Waals surface area (Å²) in [6.45, 7) is 9.18. The maximum Gasteiger partial charge on any atom is 0.0647 e. The highest BCUT2D eigenvalue weighted by molar-refractivity contribution is 4.92. The molecule has 0 aliphatic carbocycles. The molecule has 35 heavy (non-hydrogen) atoms. The molecule has 3 heteroatoms. The van der Waals surface area contributed by atoms with Crippen LogP contribution in [0.25, 0.3) is 0 Å². The van der Waals surface area contributed by atoms with Crippen LogP contribution in [0, 0.1) is 0 Å². The molecule has 0 saturated carbocycles. The van der Waals surface area contributed by atoms with Crippen molar-refractivity contribution in [2.45, 2.75) is 148 Å². The summed E-state index contributed by atoms with van der Waals surface area (Å²) < 4.78 is 12.1. The summed E-state index contributed by atoms with van der Waals surface area (Å²) in [5, 5.41) is 0. The summed E-state index contributed by atoms with van der Waals surface area (Å²) in [5.74, 6) is 0. The second kappa shape index (κ2) is 27.9. The molecule has 0 saturated heterocycles. The van der Waals surface area contributed by atoms with Gasteiger partial charge in [-0.05, 0) is 66.0 Å². The fourth-order valence-electron chi connectivity index (χ4n) is 4.15. The van der Waals surface area contributed by atoms with E-state index < -0.39 is 0 Å². The number of unbranched alkanes of at least 4 members (excludes halogenated alkanes) is 13. The third kappa shape index (κ3) is 26.2. The van der Waals surface area contributed by atoms with Gasteiger partial charge < -0.3 is 14.4 Å². The third-order valence-electron chi connectivity index (χ3n) is 6.82. The van der Waals surface area contributed by atoms with E-state index >= 15 is 0 Å². The molecule has 0 radical (unpaired) electrons. The summed E-state index contributed by atoms with van der Waals surface area (Å²) in [7, 11) is 4.26. The van der Waals surface area contributed by atoms with Gasteiger partial charge in [-0.25, -0.2) is 0 Å². The smallest absolute Gasteiger partial charge is 0.0647 e. The Kier molecular flexibility index (Phi) is 27.4. The monoisotopic (exact) mass is 493 g/mol. The minimum absolute atomic E-state index is 0.349. The topological polar surface area (TPSA) is 21.7 Å². The Morgan fingerprint density at radius 3 is 1.83 bits per heavy atom. The first-order valence-corrected chi connectivity index (χ1v) is 15.3. The van der Waals surface area contributed by atoms with E-state index in [0.29, 0.717) is 12.1 Å². The van der Waals surface area contributed by atoms with Crippen molar-refractivity contribution in [3.05, 3.63) is 24.3 Å². The molecule has 0 fully saturated rings. The number of allylic oxidation sites excluding steroid dienone is 4. The predicted molar refractivity (Wildman–Crippen MR) is 156 cm³/mol. The van der Waals surface area contributed by atoms with Crippen LogP contribution in [0.15, 0.2) is 24.3 Å². The predicted octanol–water partition coefficient (Wildman–Crippen LogP) is 9.51. The number of nitrogens with zero attached hydrogens (tertiary/aromatic N) is 1. The zero-order valence-electron chi connectivity index (χ0n) is 24.6. The standard InChI is InChI=1S/C32H63NO2/c1-6-8-10-12-13-14-15-16-17-18-19-20-21-22-24-26-28-34-29-32(33(4)5)30-35-31(3)27-25-23-11-9-7-2/h13-14,16-17,31-32H,6-12,15,18-30H2,1-5H3/b14-13-,17-16-. The van der Waals surface area contributed by atoms with Crippen LogP contribution in [0.1, 0.15) is 136 Å². The highest BCUT2D eigenvalue weighted by Gasteiger charge is 2.14. The van der Waals surface area contributed by atoms with Crippen molar-refractivity contribution < 1.29 is 9.47 Å². The van der Waals surface area contributed by atoms with Gasteiger partial charge in [0.1, 0.15) is 0 Å². The average molecular weight is 494 g/mol. The summed E-state index contributed by atoms with van der Waals surface area (Å²) in [5.41, 5.74) is 0. The minimum atomic E-state index is 0.349.